The van der Waals surface area contributed by atoms with Gasteiger partial charge in [0.1, 0.15) is 16.8 Å². The largest absolute Gasteiger partial charge is 0.419 e. The molecule has 0 aliphatic carbocycles. The summed E-state index contributed by atoms with van der Waals surface area (Å²) in [7, 11) is -2.05. The maximum atomic E-state index is 12.9. The van der Waals surface area contributed by atoms with E-state index in [-0.39, 0.29) is 22.7 Å². The van der Waals surface area contributed by atoms with Crippen LogP contribution < -0.4 is 10.5 Å². The van der Waals surface area contributed by atoms with E-state index in [0.29, 0.717) is 11.8 Å². The van der Waals surface area contributed by atoms with E-state index in [9.17, 15) is 26.6 Å². The number of halogens is 4. The van der Waals surface area contributed by atoms with Gasteiger partial charge >= 0.3 is 6.18 Å². The quantitative estimate of drug-likeness (QED) is 0.614. The fraction of sp³-hybridized carbons (Fsp3) is 0.111. The van der Waals surface area contributed by atoms with Crippen LogP contribution in [0.2, 0.25) is 0 Å². The molecule has 1 unspecified atom stereocenters. The van der Waals surface area contributed by atoms with E-state index in [0.717, 1.165) is 10.9 Å². The van der Waals surface area contributed by atoms with Gasteiger partial charge in [0.15, 0.2) is 0 Å². The molecule has 29 heavy (non-hydrogen) atoms. The Morgan fingerprint density at radius 3 is 2.45 bits per heavy atom. The number of nitrogens with two attached hydrogens (primary N) is 1. The van der Waals surface area contributed by atoms with Gasteiger partial charge in [-0.05, 0) is 35.9 Å². The Balaban J connectivity index is 1.82. The first-order chi connectivity index (χ1) is 13.6. The number of rotatable bonds is 5. The molecular formula is C18H14F4N4O2S. The molecule has 0 aliphatic rings. The number of nitrogens with zero attached hydrogens (tertiary/aromatic N) is 2. The van der Waals surface area contributed by atoms with Crippen molar-refractivity contribution in [2.75, 3.05) is 5.32 Å². The number of hydrogen-bond donors (Lipinski definition) is 2. The minimum absolute atomic E-state index is 0.0126. The molecule has 6 nitrogen and oxygen atoms in total. The van der Waals surface area contributed by atoms with Crippen LogP contribution in [0, 0.1) is 5.82 Å². The Morgan fingerprint density at radius 1 is 1.17 bits per heavy atom. The molecule has 0 aliphatic heterocycles. The Bertz CT molecular complexity index is 1060. The topological polar surface area (TPSA) is 90.0 Å². The highest BCUT2D eigenvalue weighted by Crippen LogP contribution is 2.30. The average Bonchev–Trinajstić information content (AvgIpc) is 3.14. The fourth-order valence-electron chi connectivity index (χ4n) is 2.54. The SMILES string of the molecule is NS(=O)c1cc(NC(=O)Cc2ccc(F)cc2)ccc1-n1cc(C(F)(F)F)cn1. The number of hydrogen-bond acceptors (Lipinski definition) is 3. The molecular weight excluding hydrogens is 412 g/mol. The highest BCUT2D eigenvalue weighted by molar-refractivity contribution is 7.82. The number of aromatic nitrogens is 2. The summed E-state index contributed by atoms with van der Waals surface area (Å²) in [6.07, 6.45) is -3.22. The van der Waals surface area contributed by atoms with Crippen molar-refractivity contribution < 1.29 is 26.6 Å². The van der Waals surface area contributed by atoms with Crippen LogP contribution in [0.5, 0.6) is 0 Å². The van der Waals surface area contributed by atoms with Crippen LogP contribution in [0.3, 0.4) is 0 Å². The molecule has 11 heteroatoms. The average molecular weight is 426 g/mol. The molecule has 1 atom stereocenters. The van der Waals surface area contributed by atoms with Crippen molar-refractivity contribution in [2.45, 2.75) is 17.5 Å². The molecule has 0 fully saturated rings. The van der Waals surface area contributed by atoms with Gasteiger partial charge in [0.2, 0.25) is 5.91 Å². The van der Waals surface area contributed by atoms with Gasteiger partial charge in [-0.15, -0.1) is 0 Å². The van der Waals surface area contributed by atoms with Crippen LogP contribution in [0.15, 0.2) is 59.8 Å². The molecule has 0 saturated carbocycles. The van der Waals surface area contributed by atoms with E-state index >= 15 is 0 Å². The summed E-state index contributed by atoms with van der Waals surface area (Å²) in [6, 6.07) is 9.45. The highest BCUT2D eigenvalue weighted by atomic mass is 32.2. The lowest BCUT2D eigenvalue weighted by Gasteiger charge is -2.11. The molecule has 0 bridgehead atoms. The van der Waals surface area contributed by atoms with E-state index in [1.54, 1.807) is 0 Å². The molecule has 1 aromatic heterocycles. The third-order valence-corrected chi connectivity index (χ3v) is 4.66. The van der Waals surface area contributed by atoms with Gasteiger partial charge in [0, 0.05) is 11.9 Å². The monoisotopic (exact) mass is 426 g/mol. The summed E-state index contributed by atoms with van der Waals surface area (Å²) in [5, 5.41) is 11.7. The molecule has 0 spiro atoms. The number of alkyl halides is 3. The van der Waals surface area contributed by atoms with Gasteiger partial charge < -0.3 is 5.32 Å². The van der Waals surface area contributed by atoms with Gasteiger partial charge in [-0.3, -0.25) is 4.79 Å². The molecule has 0 saturated heterocycles. The molecule has 3 N–H and O–H groups in total. The number of anilines is 1. The Hall–Kier alpha value is -3.05. The van der Waals surface area contributed by atoms with E-state index in [1.165, 1.54) is 42.5 Å². The van der Waals surface area contributed by atoms with Gasteiger partial charge in [0.05, 0.1) is 28.8 Å². The predicted octanol–water partition coefficient (Wildman–Crippen LogP) is 3.19. The molecule has 152 valence electrons. The third-order valence-electron chi connectivity index (χ3n) is 3.89. The number of carbonyl (C=O) groups is 1. The fourth-order valence-corrected chi connectivity index (χ4v) is 3.15. The molecule has 2 aromatic carbocycles. The van der Waals surface area contributed by atoms with Crippen molar-refractivity contribution in [2.24, 2.45) is 5.14 Å². The van der Waals surface area contributed by atoms with E-state index in [4.69, 9.17) is 5.14 Å². The predicted molar refractivity (Wildman–Crippen MR) is 97.9 cm³/mol. The van der Waals surface area contributed by atoms with Crippen LogP contribution in [0.1, 0.15) is 11.1 Å². The lowest BCUT2D eigenvalue weighted by molar-refractivity contribution is -0.137. The summed E-state index contributed by atoms with van der Waals surface area (Å²) in [5.41, 5.74) is -0.0574. The zero-order valence-electron chi connectivity index (χ0n) is 14.6. The van der Waals surface area contributed by atoms with Crippen molar-refractivity contribution in [3.05, 3.63) is 71.8 Å². The van der Waals surface area contributed by atoms with Crippen molar-refractivity contribution in [3.63, 3.8) is 0 Å². The summed E-state index contributed by atoms with van der Waals surface area (Å²) >= 11 is 0. The smallest absolute Gasteiger partial charge is 0.326 e. The van der Waals surface area contributed by atoms with Crippen molar-refractivity contribution in [1.82, 2.24) is 9.78 Å². The Labute approximate surface area is 164 Å². The van der Waals surface area contributed by atoms with Gasteiger partial charge in [-0.2, -0.15) is 18.3 Å². The van der Waals surface area contributed by atoms with Crippen molar-refractivity contribution in [1.29, 1.82) is 0 Å². The van der Waals surface area contributed by atoms with Crippen LogP contribution in [-0.2, 0) is 28.4 Å². The maximum absolute atomic E-state index is 12.9. The second-order valence-electron chi connectivity index (χ2n) is 6.00. The lowest BCUT2D eigenvalue weighted by Crippen LogP contribution is -2.16. The third kappa shape index (κ3) is 5.06. The Kier molecular flexibility index (Phi) is 5.80. The summed E-state index contributed by atoms with van der Waals surface area (Å²) in [4.78, 5) is 12.1. The van der Waals surface area contributed by atoms with Crippen LogP contribution >= 0.6 is 0 Å². The van der Waals surface area contributed by atoms with Gasteiger partial charge in [-0.25, -0.2) is 18.4 Å². The second kappa shape index (κ2) is 8.13. The molecule has 3 rings (SSSR count). The Morgan fingerprint density at radius 2 is 1.86 bits per heavy atom. The van der Waals surface area contributed by atoms with Crippen LogP contribution in [0.25, 0.3) is 5.69 Å². The van der Waals surface area contributed by atoms with Gasteiger partial charge in [-0.1, -0.05) is 12.1 Å². The lowest BCUT2D eigenvalue weighted by atomic mass is 10.1. The minimum atomic E-state index is -4.57. The molecule has 3 aromatic rings. The number of nitrogens with one attached hydrogen (secondary N) is 1. The minimum Gasteiger partial charge on any atom is -0.326 e. The summed E-state index contributed by atoms with van der Waals surface area (Å²) in [6.45, 7) is 0. The molecule has 1 amide bonds. The molecule has 0 radical (unpaired) electrons. The van der Waals surface area contributed by atoms with Crippen molar-refractivity contribution in [3.8, 4) is 5.69 Å². The first-order valence-corrected chi connectivity index (χ1v) is 9.31. The van der Waals surface area contributed by atoms with Crippen molar-refractivity contribution >= 4 is 22.6 Å². The first kappa shape index (κ1) is 20.7. The van der Waals surface area contributed by atoms with Gasteiger partial charge in [0.25, 0.3) is 0 Å². The summed E-state index contributed by atoms with van der Waals surface area (Å²) < 4.78 is 64.1. The second-order valence-corrected chi connectivity index (χ2v) is 7.04. The van der Waals surface area contributed by atoms with Crippen LogP contribution in [-0.4, -0.2) is 19.9 Å². The molecule has 1 heterocycles. The summed E-state index contributed by atoms with van der Waals surface area (Å²) in [5.74, 6) is -0.844. The maximum Gasteiger partial charge on any atom is 0.419 e. The zero-order chi connectivity index (χ0) is 21.2. The normalized spacial score (nSPS) is 12.6. The number of carbonyl (C=O) groups excluding carboxylic acids is 1. The van der Waals surface area contributed by atoms with E-state index < -0.39 is 34.4 Å². The number of amides is 1. The standard InChI is InChI=1S/C18H14F4N4O2S/c19-13-3-1-11(2-4-13)7-17(27)25-14-5-6-15(16(8-14)29(23)28)26-10-12(9-24-26)18(20,21)22/h1-6,8-10H,7,23H2,(H,25,27). The van der Waals surface area contributed by atoms with E-state index in [1.807, 2.05) is 0 Å². The number of benzene rings is 2. The van der Waals surface area contributed by atoms with E-state index in [2.05, 4.69) is 10.4 Å². The first-order valence-electron chi connectivity index (χ1n) is 8.10. The van der Waals surface area contributed by atoms with Crippen LogP contribution in [0.4, 0.5) is 23.2 Å². The zero-order valence-corrected chi connectivity index (χ0v) is 15.4. The highest BCUT2D eigenvalue weighted by Gasteiger charge is 2.32.